The highest BCUT2D eigenvalue weighted by Gasteiger charge is 2.61. The molecule has 0 aromatic heterocycles. The van der Waals surface area contributed by atoms with Crippen molar-refractivity contribution in [3.05, 3.63) is 72.3 Å². The predicted molar refractivity (Wildman–Crippen MR) is 141 cm³/mol. The summed E-state index contributed by atoms with van der Waals surface area (Å²) in [5.41, 5.74) is 1.80. The molecule has 0 bridgehead atoms. The van der Waals surface area contributed by atoms with Gasteiger partial charge in [-0.25, -0.2) is 9.96 Å². The smallest absolute Gasteiger partial charge is 0.266 e. The molecular weight excluding hydrogens is 488 g/mol. The van der Waals surface area contributed by atoms with E-state index in [9.17, 15) is 9.59 Å². The van der Waals surface area contributed by atoms with Crippen LogP contribution >= 0.6 is 0 Å². The van der Waals surface area contributed by atoms with Crippen LogP contribution in [0.3, 0.4) is 0 Å². The summed E-state index contributed by atoms with van der Waals surface area (Å²) >= 11 is 0. The normalized spacial score (nSPS) is 20.5. The fourth-order valence-corrected chi connectivity index (χ4v) is 5.05. The number of hydrogen-bond donors (Lipinski definition) is 0. The van der Waals surface area contributed by atoms with Gasteiger partial charge in [0.15, 0.2) is 17.6 Å². The van der Waals surface area contributed by atoms with Gasteiger partial charge in [-0.2, -0.15) is 0 Å². The van der Waals surface area contributed by atoms with Crippen molar-refractivity contribution in [2.75, 3.05) is 37.9 Å². The Morgan fingerprint density at radius 2 is 1.50 bits per heavy atom. The fraction of sp³-hybridized carbons (Fsp3) is 0.310. The van der Waals surface area contributed by atoms with Gasteiger partial charge in [0.2, 0.25) is 11.7 Å². The Labute approximate surface area is 221 Å². The molecule has 0 radical (unpaired) electrons. The lowest BCUT2D eigenvalue weighted by atomic mass is 9.89. The SMILES string of the molecule is CCCOc1ccc(N2C(=O)[C@H]3[C@@H](c4ccc(OC)c(OC)c4OC)N(c4ccccc4)O[C@H]3C2=O)cc1. The van der Waals surface area contributed by atoms with Crippen LogP contribution in [0.2, 0.25) is 0 Å². The molecule has 3 aromatic carbocycles. The molecule has 198 valence electrons. The molecule has 38 heavy (non-hydrogen) atoms. The van der Waals surface area contributed by atoms with E-state index < -0.39 is 24.0 Å². The van der Waals surface area contributed by atoms with Crippen LogP contribution in [0.25, 0.3) is 0 Å². The van der Waals surface area contributed by atoms with Gasteiger partial charge in [-0.1, -0.05) is 25.1 Å². The van der Waals surface area contributed by atoms with Crippen LogP contribution < -0.4 is 28.9 Å². The number of amides is 2. The number of benzene rings is 3. The number of rotatable bonds is 9. The van der Waals surface area contributed by atoms with Crippen molar-refractivity contribution < 1.29 is 33.4 Å². The van der Waals surface area contributed by atoms with Gasteiger partial charge >= 0.3 is 0 Å². The minimum absolute atomic E-state index is 0.359. The molecule has 0 spiro atoms. The van der Waals surface area contributed by atoms with Crippen LogP contribution in [-0.2, 0) is 14.4 Å². The molecule has 3 aromatic rings. The van der Waals surface area contributed by atoms with Gasteiger partial charge in [0.1, 0.15) is 17.7 Å². The van der Waals surface area contributed by atoms with Crippen molar-refractivity contribution in [2.45, 2.75) is 25.5 Å². The second-order valence-corrected chi connectivity index (χ2v) is 8.94. The van der Waals surface area contributed by atoms with E-state index in [1.807, 2.05) is 43.3 Å². The number of ether oxygens (including phenoxy) is 4. The van der Waals surface area contributed by atoms with Gasteiger partial charge in [0.05, 0.1) is 39.3 Å². The molecule has 2 saturated heterocycles. The molecule has 2 aliphatic heterocycles. The predicted octanol–water partition coefficient (Wildman–Crippen LogP) is 4.55. The maximum absolute atomic E-state index is 14.0. The zero-order valence-corrected chi connectivity index (χ0v) is 21.7. The molecule has 3 atom stereocenters. The van der Waals surface area contributed by atoms with E-state index in [0.29, 0.717) is 46.5 Å². The molecule has 5 rings (SSSR count). The monoisotopic (exact) mass is 518 g/mol. The average Bonchev–Trinajstić information content (AvgIpc) is 3.47. The number of hydroxylamine groups is 1. The highest BCUT2D eigenvalue weighted by atomic mass is 16.7. The Kier molecular flexibility index (Phi) is 7.11. The Morgan fingerprint density at radius 3 is 2.13 bits per heavy atom. The molecule has 0 unspecified atom stereocenters. The zero-order valence-electron chi connectivity index (χ0n) is 21.7. The first kappa shape index (κ1) is 25.4. The molecule has 2 heterocycles. The van der Waals surface area contributed by atoms with E-state index >= 15 is 0 Å². The van der Waals surface area contributed by atoms with Gasteiger partial charge < -0.3 is 18.9 Å². The van der Waals surface area contributed by atoms with E-state index in [1.54, 1.807) is 35.4 Å². The largest absolute Gasteiger partial charge is 0.494 e. The Bertz CT molecular complexity index is 1310. The summed E-state index contributed by atoms with van der Waals surface area (Å²) in [5, 5.41) is 1.62. The maximum atomic E-state index is 14.0. The molecule has 2 amide bonds. The fourth-order valence-electron chi connectivity index (χ4n) is 5.05. The van der Waals surface area contributed by atoms with Crippen molar-refractivity contribution in [1.29, 1.82) is 0 Å². The molecule has 0 aliphatic carbocycles. The van der Waals surface area contributed by atoms with Crippen LogP contribution in [0, 0.1) is 5.92 Å². The van der Waals surface area contributed by atoms with Gasteiger partial charge in [-0.3, -0.25) is 14.4 Å². The molecular formula is C29H30N2O7. The van der Waals surface area contributed by atoms with E-state index in [-0.39, 0.29) is 5.91 Å². The Morgan fingerprint density at radius 1 is 0.789 bits per heavy atom. The van der Waals surface area contributed by atoms with Gasteiger partial charge in [0, 0.05) is 5.56 Å². The van der Waals surface area contributed by atoms with Crippen LogP contribution in [0.1, 0.15) is 24.9 Å². The van der Waals surface area contributed by atoms with Crippen LogP contribution in [0.15, 0.2) is 66.7 Å². The van der Waals surface area contributed by atoms with Crippen molar-refractivity contribution in [2.24, 2.45) is 5.92 Å². The summed E-state index contributed by atoms with van der Waals surface area (Å²) in [6.07, 6.45) is -0.133. The molecule has 2 fully saturated rings. The van der Waals surface area contributed by atoms with Crippen LogP contribution in [0.4, 0.5) is 11.4 Å². The second kappa shape index (κ2) is 10.6. The number of carbonyl (C=O) groups excluding carboxylic acids is 2. The lowest BCUT2D eigenvalue weighted by molar-refractivity contribution is -0.126. The maximum Gasteiger partial charge on any atom is 0.266 e. The summed E-state index contributed by atoms with van der Waals surface area (Å²) in [7, 11) is 4.58. The number of fused-ring (bicyclic) bond motifs is 1. The third kappa shape index (κ3) is 4.18. The average molecular weight is 519 g/mol. The lowest BCUT2D eigenvalue weighted by Crippen LogP contribution is -2.37. The standard InChI is InChI=1S/C29H30N2O7/c1-5-17-37-20-13-11-18(12-14-20)30-28(32)23-24(21-15-16-22(34-2)26(36-4)25(21)35-3)31(38-27(23)29(30)33)19-9-7-6-8-10-19/h6-16,23-24,27H,5,17H2,1-4H3/t23-,24+,27+/m0/s1. The first-order chi connectivity index (χ1) is 18.5. The summed E-state index contributed by atoms with van der Waals surface area (Å²) < 4.78 is 22.5. The van der Waals surface area contributed by atoms with Crippen molar-refractivity contribution >= 4 is 23.2 Å². The highest BCUT2D eigenvalue weighted by molar-refractivity contribution is 6.24. The number of hydrogen-bond acceptors (Lipinski definition) is 8. The Hall–Kier alpha value is -4.24. The summed E-state index contributed by atoms with van der Waals surface area (Å²) in [6, 6.07) is 19.2. The molecule has 9 nitrogen and oxygen atoms in total. The van der Waals surface area contributed by atoms with Gasteiger partial charge in [0.25, 0.3) is 5.91 Å². The van der Waals surface area contributed by atoms with Gasteiger partial charge in [-0.05, 0) is 55.0 Å². The number of carbonyl (C=O) groups is 2. The number of methoxy groups -OCH3 is 3. The summed E-state index contributed by atoms with van der Waals surface area (Å²) in [5.74, 6) is 0.335. The second-order valence-electron chi connectivity index (χ2n) is 8.94. The van der Waals surface area contributed by atoms with Crippen LogP contribution in [-0.4, -0.2) is 45.9 Å². The van der Waals surface area contributed by atoms with Gasteiger partial charge in [-0.15, -0.1) is 0 Å². The van der Waals surface area contributed by atoms with E-state index in [1.165, 1.54) is 26.2 Å². The highest BCUT2D eigenvalue weighted by Crippen LogP contribution is 2.52. The third-order valence-corrected chi connectivity index (χ3v) is 6.75. The van der Waals surface area contributed by atoms with Crippen molar-refractivity contribution in [3.63, 3.8) is 0 Å². The number of imide groups is 1. The Balaban J connectivity index is 1.58. The van der Waals surface area contributed by atoms with Crippen LogP contribution in [0.5, 0.6) is 23.0 Å². The van der Waals surface area contributed by atoms with Crippen molar-refractivity contribution in [1.82, 2.24) is 0 Å². The van der Waals surface area contributed by atoms with E-state index in [4.69, 9.17) is 23.8 Å². The first-order valence-electron chi connectivity index (χ1n) is 12.4. The molecule has 9 heteroatoms. The lowest BCUT2D eigenvalue weighted by Gasteiger charge is -2.30. The van der Waals surface area contributed by atoms with E-state index in [2.05, 4.69) is 0 Å². The number of para-hydroxylation sites is 1. The third-order valence-electron chi connectivity index (χ3n) is 6.75. The molecule has 0 saturated carbocycles. The van der Waals surface area contributed by atoms with Crippen molar-refractivity contribution in [3.8, 4) is 23.0 Å². The summed E-state index contributed by atoms with van der Waals surface area (Å²) in [4.78, 5) is 35.0. The topological polar surface area (TPSA) is 86.8 Å². The first-order valence-corrected chi connectivity index (χ1v) is 12.4. The number of nitrogens with zero attached hydrogens (tertiary/aromatic N) is 2. The minimum atomic E-state index is -1.01. The number of anilines is 2. The quantitative estimate of drug-likeness (QED) is 0.382. The summed E-state index contributed by atoms with van der Waals surface area (Å²) in [6.45, 7) is 2.61. The minimum Gasteiger partial charge on any atom is -0.494 e. The molecule has 0 N–H and O–H groups in total. The molecule has 2 aliphatic rings. The zero-order chi connectivity index (χ0) is 26.8. The van der Waals surface area contributed by atoms with E-state index in [0.717, 1.165) is 6.42 Å².